The fourth-order valence-corrected chi connectivity index (χ4v) is 3.09. The molecule has 0 saturated carbocycles. The molecule has 0 radical (unpaired) electrons. The average molecular weight is 407 g/mol. The first-order valence-electron chi connectivity index (χ1n) is 10.1. The Kier molecular flexibility index (Phi) is 7.71. The van der Waals surface area contributed by atoms with E-state index < -0.39 is 5.97 Å². The van der Waals surface area contributed by atoms with Gasteiger partial charge in [0, 0.05) is 19.4 Å². The van der Waals surface area contributed by atoms with E-state index in [4.69, 9.17) is 4.74 Å². The first-order valence-corrected chi connectivity index (χ1v) is 10.1. The molecular formula is C23H25N3O4. The highest BCUT2D eigenvalue weighted by atomic mass is 16.5. The number of aromatic nitrogens is 2. The van der Waals surface area contributed by atoms with Gasteiger partial charge >= 0.3 is 5.97 Å². The number of carbonyl (C=O) groups excluding carboxylic acids is 2. The third-order valence-corrected chi connectivity index (χ3v) is 4.63. The first kappa shape index (κ1) is 21.2. The van der Waals surface area contributed by atoms with Gasteiger partial charge < -0.3 is 15.0 Å². The molecule has 30 heavy (non-hydrogen) atoms. The summed E-state index contributed by atoms with van der Waals surface area (Å²) in [6.45, 7) is 0.251. The number of aromatic amines is 1. The number of nitrogens with zero attached hydrogens (tertiary/aromatic N) is 1. The van der Waals surface area contributed by atoms with Crippen molar-refractivity contribution in [3.63, 3.8) is 0 Å². The average Bonchev–Trinajstić information content (AvgIpc) is 2.76. The second kappa shape index (κ2) is 10.9. The number of esters is 1. The van der Waals surface area contributed by atoms with Crippen molar-refractivity contribution in [2.75, 3.05) is 13.2 Å². The van der Waals surface area contributed by atoms with Gasteiger partial charge in [0.25, 0.3) is 11.5 Å². The second-order valence-electron chi connectivity index (χ2n) is 6.98. The maximum Gasteiger partial charge on any atom is 0.306 e. The molecule has 0 aliphatic carbocycles. The van der Waals surface area contributed by atoms with Crippen LogP contribution in [0.15, 0.2) is 59.4 Å². The fraction of sp³-hybridized carbons (Fsp3) is 0.304. The van der Waals surface area contributed by atoms with Gasteiger partial charge in [0.1, 0.15) is 5.82 Å². The number of aryl methyl sites for hydroxylation is 2. The van der Waals surface area contributed by atoms with Crippen molar-refractivity contribution in [1.82, 2.24) is 15.3 Å². The van der Waals surface area contributed by atoms with Crippen molar-refractivity contribution in [1.29, 1.82) is 0 Å². The molecule has 7 heteroatoms. The maximum atomic E-state index is 12.0. The van der Waals surface area contributed by atoms with Crippen LogP contribution in [0, 0.1) is 0 Å². The van der Waals surface area contributed by atoms with Crippen LogP contribution in [0.1, 0.15) is 30.7 Å². The Bertz CT molecular complexity index is 1050. The van der Waals surface area contributed by atoms with Crippen molar-refractivity contribution in [3.05, 3.63) is 76.3 Å². The number of fused-ring (bicyclic) bond motifs is 1. The van der Waals surface area contributed by atoms with Gasteiger partial charge in [0.2, 0.25) is 0 Å². The minimum absolute atomic E-state index is 0.151. The van der Waals surface area contributed by atoms with E-state index in [1.165, 1.54) is 5.56 Å². The summed E-state index contributed by atoms with van der Waals surface area (Å²) in [6.07, 6.45) is 2.77. The molecule has 0 bridgehead atoms. The van der Waals surface area contributed by atoms with Crippen LogP contribution in [-0.4, -0.2) is 35.0 Å². The molecule has 0 fully saturated rings. The molecule has 3 rings (SSSR count). The van der Waals surface area contributed by atoms with Crippen LogP contribution >= 0.6 is 0 Å². The Labute approximate surface area is 174 Å². The summed E-state index contributed by atoms with van der Waals surface area (Å²) in [7, 11) is 0. The number of rotatable bonds is 10. The number of hydrogen-bond donors (Lipinski definition) is 2. The number of benzene rings is 2. The predicted octanol–water partition coefficient (Wildman–Crippen LogP) is 2.54. The van der Waals surface area contributed by atoms with Gasteiger partial charge in [0.15, 0.2) is 6.61 Å². The van der Waals surface area contributed by atoms with Crippen molar-refractivity contribution >= 4 is 22.8 Å². The number of amides is 1. The van der Waals surface area contributed by atoms with Crippen molar-refractivity contribution in [2.24, 2.45) is 0 Å². The molecule has 0 atom stereocenters. The van der Waals surface area contributed by atoms with E-state index in [0.717, 1.165) is 12.8 Å². The third kappa shape index (κ3) is 6.55. The second-order valence-corrected chi connectivity index (χ2v) is 6.98. The molecule has 0 unspecified atom stereocenters. The summed E-state index contributed by atoms with van der Waals surface area (Å²) in [4.78, 5) is 42.8. The van der Waals surface area contributed by atoms with Crippen molar-refractivity contribution < 1.29 is 14.3 Å². The van der Waals surface area contributed by atoms with E-state index in [2.05, 4.69) is 15.3 Å². The number of hydrogen-bond acceptors (Lipinski definition) is 5. The lowest BCUT2D eigenvalue weighted by Gasteiger charge is -2.07. The Morgan fingerprint density at radius 1 is 0.967 bits per heavy atom. The van der Waals surface area contributed by atoms with Crippen molar-refractivity contribution in [2.45, 2.75) is 32.1 Å². The molecule has 156 valence electrons. The van der Waals surface area contributed by atoms with E-state index in [0.29, 0.717) is 36.1 Å². The molecule has 1 aromatic heterocycles. The zero-order valence-corrected chi connectivity index (χ0v) is 16.7. The third-order valence-electron chi connectivity index (χ3n) is 4.63. The highest BCUT2D eigenvalue weighted by molar-refractivity contribution is 5.80. The van der Waals surface area contributed by atoms with Crippen LogP contribution < -0.4 is 10.9 Å². The molecule has 0 aliphatic heterocycles. The fourth-order valence-electron chi connectivity index (χ4n) is 3.09. The van der Waals surface area contributed by atoms with E-state index in [1.807, 2.05) is 36.4 Å². The van der Waals surface area contributed by atoms with Gasteiger partial charge in [-0.05, 0) is 37.0 Å². The van der Waals surface area contributed by atoms with E-state index in [-0.39, 0.29) is 24.5 Å². The Morgan fingerprint density at radius 3 is 2.57 bits per heavy atom. The lowest BCUT2D eigenvalue weighted by atomic mass is 10.1. The molecule has 0 spiro atoms. The highest BCUT2D eigenvalue weighted by Crippen LogP contribution is 2.07. The van der Waals surface area contributed by atoms with Crippen LogP contribution in [0.5, 0.6) is 0 Å². The van der Waals surface area contributed by atoms with Crippen LogP contribution in [0.2, 0.25) is 0 Å². The summed E-state index contributed by atoms with van der Waals surface area (Å²) < 4.78 is 5.01. The number of nitrogens with one attached hydrogen (secondary N) is 2. The van der Waals surface area contributed by atoms with Gasteiger partial charge in [-0.2, -0.15) is 0 Å². The summed E-state index contributed by atoms with van der Waals surface area (Å²) in [5.74, 6) is -0.225. The summed E-state index contributed by atoms with van der Waals surface area (Å²) in [5, 5.41) is 3.29. The smallest absolute Gasteiger partial charge is 0.306 e. The topological polar surface area (TPSA) is 101 Å². The predicted molar refractivity (Wildman–Crippen MR) is 114 cm³/mol. The minimum atomic E-state index is -0.447. The molecule has 1 heterocycles. The number of para-hydroxylation sites is 1. The highest BCUT2D eigenvalue weighted by Gasteiger charge is 2.09. The molecule has 0 saturated heterocycles. The Hall–Kier alpha value is -3.48. The summed E-state index contributed by atoms with van der Waals surface area (Å²) in [6, 6.07) is 17.1. The minimum Gasteiger partial charge on any atom is -0.456 e. The van der Waals surface area contributed by atoms with Gasteiger partial charge in [-0.3, -0.25) is 14.4 Å². The van der Waals surface area contributed by atoms with Gasteiger partial charge in [-0.15, -0.1) is 0 Å². The van der Waals surface area contributed by atoms with E-state index in [1.54, 1.807) is 18.2 Å². The molecular weight excluding hydrogens is 382 g/mol. The Morgan fingerprint density at radius 2 is 1.73 bits per heavy atom. The van der Waals surface area contributed by atoms with E-state index >= 15 is 0 Å². The lowest BCUT2D eigenvalue weighted by molar-refractivity contribution is -0.148. The van der Waals surface area contributed by atoms with Crippen LogP contribution in [0.25, 0.3) is 10.9 Å². The largest absolute Gasteiger partial charge is 0.456 e. The quantitative estimate of drug-likeness (QED) is 0.397. The molecule has 2 aromatic carbocycles. The zero-order chi connectivity index (χ0) is 21.2. The van der Waals surface area contributed by atoms with Gasteiger partial charge in [-0.1, -0.05) is 42.5 Å². The Balaban J connectivity index is 1.31. The number of carbonyl (C=O) groups is 2. The van der Waals surface area contributed by atoms with Crippen LogP contribution in [0.4, 0.5) is 0 Å². The maximum absolute atomic E-state index is 12.0. The molecule has 7 nitrogen and oxygen atoms in total. The monoisotopic (exact) mass is 407 g/mol. The number of ether oxygens (including phenoxy) is 1. The van der Waals surface area contributed by atoms with E-state index in [9.17, 15) is 14.4 Å². The standard InChI is InChI=1S/C23H25N3O4/c27-21(24-15-7-10-17-8-2-1-3-9-17)16-30-22(28)14-6-13-20-25-19-12-5-4-11-18(19)23(29)26-20/h1-5,8-9,11-12H,6-7,10,13-16H2,(H,24,27)(H,25,26,29). The van der Waals surface area contributed by atoms with Crippen LogP contribution in [-0.2, 0) is 27.2 Å². The number of H-pyrrole nitrogens is 1. The van der Waals surface area contributed by atoms with Crippen molar-refractivity contribution in [3.8, 4) is 0 Å². The zero-order valence-electron chi connectivity index (χ0n) is 16.7. The normalized spacial score (nSPS) is 10.7. The molecule has 0 aliphatic rings. The molecule has 3 aromatic rings. The molecule has 2 N–H and O–H groups in total. The molecule has 1 amide bonds. The van der Waals surface area contributed by atoms with Gasteiger partial charge in [-0.25, -0.2) is 4.98 Å². The summed E-state index contributed by atoms with van der Waals surface area (Å²) >= 11 is 0. The lowest BCUT2D eigenvalue weighted by Crippen LogP contribution is -2.29. The van der Waals surface area contributed by atoms with Gasteiger partial charge in [0.05, 0.1) is 10.9 Å². The SMILES string of the molecule is O=C(COC(=O)CCCc1nc2ccccc2c(=O)[nH]1)NCCCc1ccccc1. The first-order chi connectivity index (χ1) is 14.6. The van der Waals surface area contributed by atoms with Crippen LogP contribution in [0.3, 0.4) is 0 Å². The summed E-state index contributed by atoms with van der Waals surface area (Å²) in [5.41, 5.74) is 1.66.